The highest BCUT2D eigenvalue weighted by atomic mass is 19.1. The molecule has 0 aliphatic carbocycles. The summed E-state index contributed by atoms with van der Waals surface area (Å²) in [4.78, 5) is 14.4. The van der Waals surface area contributed by atoms with Crippen molar-refractivity contribution in [2.45, 2.75) is 13.0 Å². The van der Waals surface area contributed by atoms with Crippen molar-refractivity contribution in [1.29, 1.82) is 5.26 Å². The number of hydrogen-bond acceptors (Lipinski definition) is 5. The minimum atomic E-state index is -0.392. The van der Waals surface area contributed by atoms with Gasteiger partial charge in [0.2, 0.25) is 11.7 Å². The lowest BCUT2D eigenvalue weighted by molar-refractivity contribution is -0.130. The van der Waals surface area contributed by atoms with Crippen LogP contribution >= 0.6 is 0 Å². The Kier molecular flexibility index (Phi) is 4.56. The van der Waals surface area contributed by atoms with Gasteiger partial charge < -0.3 is 4.90 Å². The van der Waals surface area contributed by atoms with Crippen molar-refractivity contribution in [2.24, 2.45) is 0 Å². The Bertz CT molecular complexity index is 677. The van der Waals surface area contributed by atoms with Crippen molar-refractivity contribution in [3.8, 4) is 17.5 Å². The van der Waals surface area contributed by atoms with E-state index >= 15 is 0 Å². The molecule has 0 saturated carbocycles. The fourth-order valence-corrected chi connectivity index (χ4v) is 1.64. The summed E-state index contributed by atoms with van der Waals surface area (Å²) < 4.78 is 13.1. The van der Waals surface area contributed by atoms with Crippen molar-refractivity contribution < 1.29 is 9.18 Å². The molecule has 0 N–H and O–H groups in total. The Morgan fingerprint density at radius 1 is 1.52 bits per heavy atom. The van der Waals surface area contributed by atoms with Crippen LogP contribution in [0, 0.1) is 17.1 Å². The molecular weight excluding hydrogens is 275 g/mol. The third-order valence-corrected chi connectivity index (χ3v) is 2.80. The largest absolute Gasteiger partial charge is 0.343 e. The Hall–Kier alpha value is -2.82. The van der Waals surface area contributed by atoms with Gasteiger partial charge in [0.05, 0.1) is 12.5 Å². The summed E-state index contributed by atoms with van der Waals surface area (Å²) >= 11 is 0. The Morgan fingerprint density at radius 2 is 2.33 bits per heavy atom. The van der Waals surface area contributed by atoms with Crippen LogP contribution in [0.1, 0.15) is 6.42 Å². The molecular formula is C13H13FN6O. The molecule has 0 radical (unpaired) electrons. The number of likely N-dealkylation sites (N-methyl/N-ethyl adjacent to an activating group) is 1. The molecule has 0 saturated heterocycles. The minimum absolute atomic E-state index is 0.0791. The van der Waals surface area contributed by atoms with E-state index in [9.17, 15) is 9.18 Å². The summed E-state index contributed by atoms with van der Waals surface area (Å²) in [5, 5.41) is 20.1. The van der Waals surface area contributed by atoms with Gasteiger partial charge in [0.25, 0.3) is 0 Å². The summed E-state index contributed by atoms with van der Waals surface area (Å²) in [5.74, 6) is -0.369. The first-order valence-electron chi connectivity index (χ1n) is 6.25. The second kappa shape index (κ2) is 6.56. The topological polar surface area (TPSA) is 87.7 Å². The number of benzene rings is 1. The quantitative estimate of drug-likeness (QED) is 0.814. The predicted octanol–water partition coefficient (Wildman–Crippen LogP) is 0.851. The standard InChI is InChI=1S/C13H13FN6O/c1-19(7-3-6-15)12(21)9-20-17-13(16-18-20)10-4-2-5-11(14)8-10/h2,4-5,8H,3,7,9H2,1H3. The molecule has 0 bridgehead atoms. The van der Waals surface area contributed by atoms with E-state index in [0.29, 0.717) is 12.1 Å². The SMILES string of the molecule is CN(CCC#N)C(=O)Cn1nnc(-c2cccc(F)c2)n1. The minimum Gasteiger partial charge on any atom is -0.343 e. The number of carbonyl (C=O) groups is 1. The van der Waals surface area contributed by atoms with E-state index in [4.69, 9.17) is 5.26 Å². The van der Waals surface area contributed by atoms with E-state index in [1.807, 2.05) is 6.07 Å². The van der Waals surface area contributed by atoms with Gasteiger partial charge in [-0.1, -0.05) is 12.1 Å². The number of nitriles is 1. The lowest BCUT2D eigenvalue weighted by Crippen LogP contribution is -2.31. The summed E-state index contributed by atoms with van der Waals surface area (Å²) in [6.07, 6.45) is 0.265. The van der Waals surface area contributed by atoms with Gasteiger partial charge in [0.1, 0.15) is 12.4 Å². The van der Waals surface area contributed by atoms with E-state index in [0.717, 1.165) is 4.80 Å². The second-order valence-electron chi connectivity index (χ2n) is 4.38. The number of hydrogen-bond donors (Lipinski definition) is 0. The lowest BCUT2D eigenvalue weighted by Gasteiger charge is -2.14. The number of tetrazole rings is 1. The van der Waals surface area contributed by atoms with Gasteiger partial charge in [0, 0.05) is 19.2 Å². The highest BCUT2D eigenvalue weighted by molar-refractivity contribution is 5.75. The van der Waals surface area contributed by atoms with Gasteiger partial charge in [-0.15, -0.1) is 10.2 Å². The lowest BCUT2D eigenvalue weighted by atomic mass is 10.2. The van der Waals surface area contributed by atoms with Gasteiger partial charge in [-0.25, -0.2) is 4.39 Å². The zero-order chi connectivity index (χ0) is 15.2. The maximum atomic E-state index is 13.1. The van der Waals surface area contributed by atoms with Crippen molar-refractivity contribution in [1.82, 2.24) is 25.1 Å². The molecule has 0 unspecified atom stereocenters. The van der Waals surface area contributed by atoms with E-state index in [2.05, 4.69) is 15.4 Å². The van der Waals surface area contributed by atoms with Crippen molar-refractivity contribution in [3.05, 3.63) is 30.1 Å². The van der Waals surface area contributed by atoms with Gasteiger partial charge in [0.15, 0.2) is 0 Å². The normalized spacial score (nSPS) is 10.1. The van der Waals surface area contributed by atoms with Crippen molar-refractivity contribution in [3.63, 3.8) is 0 Å². The van der Waals surface area contributed by atoms with E-state index in [-0.39, 0.29) is 24.7 Å². The summed E-state index contributed by atoms with van der Waals surface area (Å²) in [5.41, 5.74) is 0.492. The monoisotopic (exact) mass is 288 g/mol. The molecule has 1 aromatic carbocycles. The fourth-order valence-electron chi connectivity index (χ4n) is 1.64. The maximum Gasteiger partial charge on any atom is 0.246 e. The number of amides is 1. The third-order valence-electron chi connectivity index (χ3n) is 2.80. The van der Waals surface area contributed by atoms with E-state index < -0.39 is 5.82 Å². The van der Waals surface area contributed by atoms with E-state index in [1.54, 1.807) is 19.2 Å². The molecule has 2 aromatic rings. The highest BCUT2D eigenvalue weighted by Gasteiger charge is 2.12. The Labute approximate surface area is 120 Å². The average molecular weight is 288 g/mol. The zero-order valence-corrected chi connectivity index (χ0v) is 11.4. The number of nitrogens with zero attached hydrogens (tertiary/aromatic N) is 6. The second-order valence-corrected chi connectivity index (χ2v) is 4.38. The van der Waals surface area contributed by atoms with Crippen LogP contribution in [0.15, 0.2) is 24.3 Å². The number of rotatable bonds is 5. The molecule has 1 amide bonds. The first-order valence-corrected chi connectivity index (χ1v) is 6.25. The van der Waals surface area contributed by atoms with Crippen LogP contribution in [-0.4, -0.2) is 44.6 Å². The molecule has 0 atom stereocenters. The maximum absolute atomic E-state index is 13.1. The molecule has 7 nitrogen and oxygen atoms in total. The smallest absolute Gasteiger partial charge is 0.246 e. The summed E-state index contributed by atoms with van der Waals surface area (Å²) in [6, 6.07) is 7.79. The van der Waals surface area contributed by atoms with Crippen molar-refractivity contribution >= 4 is 5.91 Å². The third kappa shape index (κ3) is 3.82. The number of aromatic nitrogens is 4. The van der Waals surface area contributed by atoms with Crippen LogP contribution in [0.3, 0.4) is 0 Å². The molecule has 1 aromatic heterocycles. The first kappa shape index (κ1) is 14.6. The molecule has 21 heavy (non-hydrogen) atoms. The van der Waals surface area contributed by atoms with Crippen LogP contribution in [0.2, 0.25) is 0 Å². The van der Waals surface area contributed by atoms with E-state index in [1.165, 1.54) is 17.0 Å². The predicted molar refractivity (Wildman–Crippen MR) is 71.1 cm³/mol. The highest BCUT2D eigenvalue weighted by Crippen LogP contribution is 2.14. The van der Waals surface area contributed by atoms with Crippen LogP contribution in [0.25, 0.3) is 11.4 Å². The molecule has 1 heterocycles. The van der Waals surface area contributed by atoms with Gasteiger partial charge in [-0.3, -0.25) is 4.79 Å². The Morgan fingerprint density at radius 3 is 3.05 bits per heavy atom. The first-order chi connectivity index (χ1) is 10.1. The van der Waals surface area contributed by atoms with Gasteiger partial charge in [-0.2, -0.15) is 10.1 Å². The van der Waals surface area contributed by atoms with Crippen LogP contribution in [0.4, 0.5) is 4.39 Å². The molecule has 108 valence electrons. The molecule has 0 aliphatic heterocycles. The fraction of sp³-hybridized carbons (Fsp3) is 0.308. The van der Waals surface area contributed by atoms with Crippen LogP contribution in [-0.2, 0) is 11.3 Å². The van der Waals surface area contributed by atoms with Gasteiger partial charge in [-0.05, 0) is 17.3 Å². The van der Waals surface area contributed by atoms with Crippen LogP contribution in [0.5, 0.6) is 0 Å². The Balaban J connectivity index is 2.04. The number of halogens is 1. The molecule has 0 spiro atoms. The van der Waals surface area contributed by atoms with Crippen molar-refractivity contribution in [2.75, 3.05) is 13.6 Å². The molecule has 8 heteroatoms. The molecule has 0 fully saturated rings. The van der Waals surface area contributed by atoms with Crippen LogP contribution < -0.4 is 0 Å². The summed E-state index contributed by atoms with van der Waals surface area (Å²) in [6.45, 7) is 0.269. The molecule has 2 rings (SSSR count). The zero-order valence-electron chi connectivity index (χ0n) is 11.4. The van der Waals surface area contributed by atoms with Gasteiger partial charge >= 0.3 is 0 Å². The molecule has 0 aliphatic rings. The number of carbonyl (C=O) groups excluding carboxylic acids is 1. The average Bonchev–Trinajstić information content (AvgIpc) is 2.93. The summed E-state index contributed by atoms with van der Waals surface area (Å²) in [7, 11) is 1.60.